The predicted molar refractivity (Wildman–Crippen MR) is 50.0 cm³/mol. The van der Waals surface area contributed by atoms with Crippen molar-refractivity contribution in [3.63, 3.8) is 0 Å². The zero-order valence-electron chi connectivity index (χ0n) is 9.17. The van der Waals surface area contributed by atoms with Crippen LogP contribution in [0.25, 0.3) is 0 Å². The van der Waals surface area contributed by atoms with Gasteiger partial charge in [0.2, 0.25) is 5.91 Å². The Morgan fingerprint density at radius 1 is 1.41 bits per heavy atom. The zero-order valence-corrected chi connectivity index (χ0v) is 11.0. The van der Waals surface area contributed by atoms with Crippen molar-refractivity contribution in [2.24, 2.45) is 0 Å². The van der Waals surface area contributed by atoms with Crippen molar-refractivity contribution in [3.05, 3.63) is 29.3 Å². The van der Waals surface area contributed by atoms with Gasteiger partial charge in [-0.25, -0.2) is 0 Å². The van der Waals surface area contributed by atoms with Gasteiger partial charge in [-0.2, -0.15) is 25.3 Å². The molecule has 0 saturated heterocycles. The number of phenolic OH excluding ortho intramolecular Hbond substituents is 1. The number of phenols is 1. The Bertz CT molecular complexity index is 419. The third-order valence-corrected chi connectivity index (χ3v) is 1.90. The SMILES string of the molecule is CN(C)C(=O)c1c(O)[c-]ccc1C(F)(F)F.[Sc]. The second-order valence-corrected chi connectivity index (χ2v) is 3.31. The Kier molecular flexibility index (Phi) is 5.38. The number of rotatable bonds is 1. The standard InChI is InChI=1S/C10H9F3NO2.Sc/c1-14(2)9(16)8-6(10(11,12)13)4-3-5-7(8)15;/h3-4,15H,1-2H3;/q-1;. The number of hydrogen-bond donors (Lipinski definition) is 1. The molecule has 0 saturated carbocycles. The van der Waals surface area contributed by atoms with Gasteiger partial charge in [-0.15, -0.1) is 6.07 Å². The van der Waals surface area contributed by atoms with Gasteiger partial charge >= 0.3 is 6.18 Å². The second kappa shape index (κ2) is 5.66. The van der Waals surface area contributed by atoms with Crippen LogP contribution in [0.3, 0.4) is 0 Å². The summed E-state index contributed by atoms with van der Waals surface area (Å²) in [6.45, 7) is 0. The molecule has 1 N–H and O–H groups in total. The van der Waals surface area contributed by atoms with Gasteiger partial charge in [-0.3, -0.25) is 4.79 Å². The van der Waals surface area contributed by atoms with Gasteiger partial charge in [0.1, 0.15) is 0 Å². The van der Waals surface area contributed by atoms with Crippen LogP contribution < -0.4 is 0 Å². The molecule has 7 heteroatoms. The molecule has 0 bridgehead atoms. The van der Waals surface area contributed by atoms with E-state index in [9.17, 15) is 23.1 Å². The molecular formula is C10H9F3NO2Sc-. The maximum absolute atomic E-state index is 12.6. The van der Waals surface area contributed by atoms with E-state index < -0.39 is 29.0 Å². The van der Waals surface area contributed by atoms with Gasteiger partial charge in [0.05, 0.1) is 0 Å². The van der Waals surface area contributed by atoms with Crippen molar-refractivity contribution < 1.29 is 48.9 Å². The molecule has 91 valence electrons. The Morgan fingerprint density at radius 3 is 2.35 bits per heavy atom. The quantitative estimate of drug-likeness (QED) is 0.797. The first-order valence-corrected chi connectivity index (χ1v) is 4.27. The smallest absolute Gasteiger partial charge is 0.395 e. The number of carbonyl (C=O) groups excluding carboxylic acids is 1. The van der Waals surface area contributed by atoms with E-state index in [2.05, 4.69) is 6.07 Å². The molecule has 17 heavy (non-hydrogen) atoms. The van der Waals surface area contributed by atoms with Gasteiger partial charge in [0, 0.05) is 45.7 Å². The average Bonchev–Trinajstić information content (AvgIpc) is 2.14. The topological polar surface area (TPSA) is 40.5 Å². The minimum atomic E-state index is -4.69. The molecule has 0 fully saturated rings. The summed E-state index contributed by atoms with van der Waals surface area (Å²) in [4.78, 5) is 12.4. The molecule has 0 aliphatic rings. The predicted octanol–water partition coefficient (Wildman–Crippen LogP) is 1.91. The van der Waals surface area contributed by atoms with E-state index in [-0.39, 0.29) is 25.8 Å². The van der Waals surface area contributed by atoms with E-state index >= 15 is 0 Å². The number of carbonyl (C=O) groups is 1. The molecule has 1 radical (unpaired) electrons. The fourth-order valence-electron chi connectivity index (χ4n) is 1.16. The van der Waals surface area contributed by atoms with E-state index in [1.54, 1.807) is 0 Å². The third-order valence-electron chi connectivity index (χ3n) is 1.90. The van der Waals surface area contributed by atoms with Crippen LogP contribution in [0.15, 0.2) is 12.1 Å². The molecule has 0 unspecified atom stereocenters. The third kappa shape index (κ3) is 3.55. The van der Waals surface area contributed by atoms with Crippen LogP contribution in [-0.2, 0) is 32.0 Å². The molecule has 0 heterocycles. The van der Waals surface area contributed by atoms with E-state index in [1.165, 1.54) is 14.1 Å². The van der Waals surface area contributed by atoms with Crippen molar-refractivity contribution in [2.75, 3.05) is 14.1 Å². The van der Waals surface area contributed by atoms with Crippen LogP contribution in [0, 0.1) is 6.07 Å². The van der Waals surface area contributed by atoms with E-state index in [4.69, 9.17) is 0 Å². The number of benzene rings is 1. The molecule has 1 amide bonds. The molecule has 0 aliphatic carbocycles. The summed E-state index contributed by atoms with van der Waals surface area (Å²) in [5.41, 5.74) is -1.94. The summed E-state index contributed by atoms with van der Waals surface area (Å²) < 4.78 is 37.7. The Hall–Kier alpha value is -0.850. The first-order valence-electron chi connectivity index (χ1n) is 4.27. The molecule has 0 aliphatic heterocycles. The largest absolute Gasteiger partial charge is 0.533 e. The van der Waals surface area contributed by atoms with Crippen LogP contribution in [0.1, 0.15) is 15.9 Å². The van der Waals surface area contributed by atoms with Gasteiger partial charge in [0.15, 0.2) is 0 Å². The number of halogens is 3. The molecule has 0 aromatic heterocycles. The van der Waals surface area contributed by atoms with Gasteiger partial charge in [-0.1, -0.05) is 0 Å². The zero-order chi connectivity index (χ0) is 12.5. The van der Waals surface area contributed by atoms with E-state index in [1.807, 2.05) is 0 Å². The molecule has 3 nitrogen and oxygen atoms in total. The monoisotopic (exact) mass is 277 g/mol. The Labute approximate surface area is 115 Å². The summed E-state index contributed by atoms with van der Waals surface area (Å²) in [7, 11) is 2.60. The fraction of sp³-hybridized carbons (Fsp3) is 0.300. The summed E-state index contributed by atoms with van der Waals surface area (Å²) >= 11 is 0. The van der Waals surface area contributed by atoms with Crippen LogP contribution in [0.4, 0.5) is 13.2 Å². The minimum absolute atomic E-state index is 0. The van der Waals surface area contributed by atoms with E-state index in [0.717, 1.165) is 11.0 Å². The van der Waals surface area contributed by atoms with Crippen molar-refractivity contribution in [1.29, 1.82) is 0 Å². The van der Waals surface area contributed by atoms with Crippen LogP contribution in [0.5, 0.6) is 5.75 Å². The molecule has 0 spiro atoms. The summed E-state index contributed by atoms with van der Waals surface area (Å²) in [6, 6.07) is 3.78. The van der Waals surface area contributed by atoms with E-state index in [0.29, 0.717) is 6.07 Å². The molecule has 1 rings (SSSR count). The van der Waals surface area contributed by atoms with Crippen molar-refractivity contribution in [2.45, 2.75) is 6.18 Å². The molecule has 0 atom stereocenters. The summed E-state index contributed by atoms with van der Waals surface area (Å²) in [5.74, 6) is -1.71. The maximum atomic E-state index is 12.6. The number of hydrogen-bond acceptors (Lipinski definition) is 2. The first kappa shape index (κ1) is 16.2. The molecule has 1 aromatic carbocycles. The number of alkyl halides is 3. The number of nitrogens with zero attached hydrogens (tertiary/aromatic N) is 1. The van der Waals surface area contributed by atoms with Crippen molar-refractivity contribution in [3.8, 4) is 5.75 Å². The normalized spacial score (nSPS) is 10.6. The van der Waals surface area contributed by atoms with Crippen LogP contribution in [0.2, 0.25) is 0 Å². The molecular weight excluding hydrogens is 268 g/mol. The number of aromatic hydroxyl groups is 1. The van der Waals surface area contributed by atoms with Gasteiger partial charge in [0.25, 0.3) is 0 Å². The Balaban J connectivity index is 0.00000256. The van der Waals surface area contributed by atoms with Crippen LogP contribution in [-0.4, -0.2) is 30.0 Å². The average molecular weight is 277 g/mol. The summed E-state index contributed by atoms with van der Waals surface area (Å²) in [5, 5.41) is 9.27. The fourth-order valence-corrected chi connectivity index (χ4v) is 1.16. The van der Waals surface area contributed by atoms with Gasteiger partial charge in [-0.05, 0) is 11.1 Å². The number of amides is 1. The maximum Gasteiger partial charge on any atom is 0.395 e. The summed E-state index contributed by atoms with van der Waals surface area (Å²) in [6.07, 6.45) is -4.69. The first-order chi connectivity index (χ1) is 7.25. The van der Waals surface area contributed by atoms with Crippen molar-refractivity contribution in [1.82, 2.24) is 4.90 Å². The molecule has 1 aromatic rings. The minimum Gasteiger partial charge on any atom is -0.533 e. The second-order valence-electron chi connectivity index (χ2n) is 3.31. The van der Waals surface area contributed by atoms with Gasteiger partial charge < -0.3 is 10.0 Å². The van der Waals surface area contributed by atoms with Crippen LogP contribution >= 0.6 is 0 Å². The van der Waals surface area contributed by atoms with Crippen molar-refractivity contribution >= 4 is 5.91 Å². The Morgan fingerprint density at radius 2 is 1.94 bits per heavy atom.